The summed E-state index contributed by atoms with van der Waals surface area (Å²) < 4.78 is 0. The number of hydrogen-bond donors (Lipinski definition) is 0. The van der Waals surface area contributed by atoms with Crippen molar-refractivity contribution in [2.45, 2.75) is 0 Å². The first-order valence-electron chi connectivity index (χ1n) is 15.8. The number of fused-ring (bicyclic) bond motifs is 1. The van der Waals surface area contributed by atoms with Crippen LogP contribution in [0.5, 0.6) is 0 Å². The topological polar surface area (TPSA) is 43.0 Å². The quantitative estimate of drug-likeness (QED) is 0.175. The van der Waals surface area contributed by atoms with Crippen LogP contribution >= 0.6 is 0 Å². The molecule has 0 radical (unpaired) electrons. The fourth-order valence-electron chi connectivity index (χ4n) is 6.16. The molecular formula is C44H28N4. The molecular weight excluding hydrogens is 585 g/mol. The second-order valence-corrected chi connectivity index (χ2v) is 11.6. The van der Waals surface area contributed by atoms with E-state index in [-0.39, 0.29) is 0 Å². The van der Waals surface area contributed by atoms with Gasteiger partial charge in [-0.1, -0.05) is 164 Å². The molecule has 1 aromatic heterocycles. The van der Waals surface area contributed by atoms with E-state index in [1.165, 1.54) is 16.3 Å². The normalized spacial score (nSPS) is 10.9. The molecule has 4 nitrogen and oxygen atoms in total. The van der Waals surface area contributed by atoms with Crippen molar-refractivity contribution in [3.05, 3.63) is 181 Å². The number of benzene rings is 7. The molecule has 0 aliphatic heterocycles. The van der Waals surface area contributed by atoms with E-state index < -0.39 is 0 Å². The van der Waals surface area contributed by atoms with Gasteiger partial charge in [0.1, 0.15) is 0 Å². The zero-order valence-electron chi connectivity index (χ0n) is 26.0. The summed E-state index contributed by atoms with van der Waals surface area (Å²) in [6, 6.07) is 57.9. The van der Waals surface area contributed by atoms with Gasteiger partial charge in [-0.25, -0.2) is 19.8 Å². The van der Waals surface area contributed by atoms with Crippen LogP contribution < -0.4 is 0 Å². The van der Waals surface area contributed by atoms with Crippen molar-refractivity contribution >= 4 is 16.5 Å². The van der Waals surface area contributed by atoms with Gasteiger partial charge >= 0.3 is 0 Å². The lowest BCUT2D eigenvalue weighted by molar-refractivity contribution is 1.07. The highest BCUT2D eigenvalue weighted by Crippen LogP contribution is 2.38. The van der Waals surface area contributed by atoms with Crippen LogP contribution in [0, 0.1) is 6.57 Å². The highest BCUT2D eigenvalue weighted by molar-refractivity contribution is 6.06. The van der Waals surface area contributed by atoms with Gasteiger partial charge in [-0.15, -0.1) is 0 Å². The van der Waals surface area contributed by atoms with Gasteiger partial charge in [0.05, 0.1) is 6.57 Å². The summed E-state index contributed by atoms with van der Waals surface area (Å²) in [5, 5.41) is 2.38. The van der Waals surface area contributed by atoms with Gasteiger partial charge in [0, 0.05) is 16.7 Å². The third-order valence-corrected chi connectivity index (χ3v) is 8.56. The fourth-order valence-corrected chi connectivity index (χ4v) is 6.16. The van der Waals surface area contributed by atoms with Gasteiger partial charge in [0.25, 0.3) is 0 Å². The van der Waals surface area contributed by atoms with E-state index in [4.69, 9.17) is 21.5 Å². The van der Waals surface area contributed by atoms with Crippen LogP contribution in [0.25, 0.3) is 83.2 Å². The van der Waals surface area contributed by atoms with E-state index >= 15 is 0 Å². The molecule has 8 rings (SSSR count). The van der Waals surface area contributed by atoms with E-state index in [9.17, 15) is 0 Å². The predicted molar refractivity (Wildman–Crippen MR) is 196 cm³/mol. The first-order valence-corrected chi connectivity index (χ1v) is 15.8. The standard InChI is InChI=1S/C44H28N4/c1-45-38-18-8-17-37(29-38)30-21-23-31(24-22-30)39-19-9-15-33-16-10-20-40(41(33)39)32-25-27-36(28-26-32)44-47-42(34-11-4-2-5-12-34)46-43(48-44)35-13-6-3-7-14-35/h2-29H. The number of hydrogen-bond acceptors (Lipinski definition) is 3. The van der Waals surface area contributed by atoms with Gasteiger partial charge in [0.15, 0.2) is 23.2 Å². The lowest BCUT2D eigenvalue weighted by atomic mass is 9.90. The Balaban J connectivity index is 1.18. The molecule has 0 amide bonds. The Morgan fingerprint density at radius 2 is 0.771 bits per heavy atom. The molecule has 0 saturated carbocycles. The van der Waals surface area contributed by atoms with Crippen LogP contribution in [0.2, 0.25) is 0 Å². The molecule has 0 aliphatic rings. The molecule has 0 aliphatic carbocycles. The summed E-state index contributed by atoms with van der Waals surface area (Å²) in [6.07, 6.45) is 0. The summed E-state index contributed by atoms with van der Waals surface area (Å²) in [5.41, 5.74) is 10.2. The van der Waals surface area contributed by atoms with Crippen LogP contribution in [0.1, 0.15) is 0 Å². The largest absolute Gasteiger partial charge is 0.238 e. The molecule has 0 fully saturated rings. The van der Waals surface area contributed by atoms with E-state index in [0.29, 0.717) is 23.2 Å². The lowest BCUT2D eigenvalue weighted by Gasteiger charge is -2.14. The van der Waals surface area contributed by atoms with Crippen molar-refractivity contribution in [2.24, 2.45) is 0 Å². The summed E-state index contributed by atoms with van der Waals surface area (Å²) >= 11 is 0. The monoisotopic (exact) mass is 612 g/mol. The van der Waals surface area contributed by atoms with Crippen molar-refractivity contribution in [2.75, 3.05) is 0 Å². The van der Waals surface area contributed by atoms with E-state index in [1.807, 2.05) is 84.9 Å². The van der Waals surface area contributed by atoms with E-state index in [1.54, 1.807) is 0 Å². The van der Waals surface area contributed by atoms with Crippen LogP contribution in [0.4, 0.5) is 5.69 Å². The molecule has 224 valence electrons. The van der Waals surface area contributed by atoms with Crippen LogP contribution in [0.15, 0.2) is 170 Å². The average Bonchev–Trinajstić information content (AvgIpc) is 3.18. The molecule has 0 N–H and O–H groups in total. The van der Waals surface area contributed by atoms with E-state index in [0.717, 1.165) is 44.5 Å². The Morgan fingerprint density at radius 3 is 1.27 bits per heavy atom. The second-order valence-electron chi connectivity index (χ2n) is 11.6. The average molecular weight is 613 g/mol. The van der Waals surface area contributed by atoms with Crippen LogP contribution in [-0.4, -0.2) is 15.0 Å². The minimum absolute atomic E-state index is 0.634. The van der Waals surface area contributed by atoms with Crippen LogP contribution in [0.3, 0.4) is 0 Å². The SMILES string of the molecule is [C-]#[N+]c1cccc(-c2ccc(-c3cccc4cccc(-c5ccc(-c6nc(-c7ccccc7)nc(-c7ccccc7)n6)cc5)c34)cc2)c1. The maximum Gasteiger partial charge on any atom is 0.187 e. The Hall–Kier alpha value is -6.70. The zero-order valence-corrected chi connectivity index (χ0v) is 26.0. The predicted octanol–water partition coefficient (Wildman–Crippen LogP) is 11.6. The highest BCUT2D eigenvalue weighted by atomic mass is 15.0. The minimum Gasteiger partial charge on any atom is -0.238 e. The maximum atomic E-state index is 7.37. The number of aromatic nitrogens is 3. The van der Waals surface area contributed by atoms with Gasteiger partial charge in [-0.05, 0) is 50.2 Å². The Morgan fingerprint density at radius 1 is 0.354 bits per heavy atom. The van der Waals surface area contributed by atoms with Gasteiger partial charge in [-0.3, -0.25) is 0 Å². The first kappa shape index (κ1) is 28.8. The molecule has 48 heavy (non-hydrogen) atoms. The third kappa shape index (κ3) is 5.62. The van der Waals surface area contributed by atoms with Crippen molar-refractivity contribution in [3.63, 3.8) is 0 Å². The third-order valence-electron chi connectivity index (χ3n) is 8.56. The van der Waals surface area contributed by atoms with Gasteiger partial charge < -0.3 is 0 Å². The molecule has 0 atom stereocenters. The minimum atomic E-state index is 0.634. The Bertz CT molecular complexity index is 2370. The van der Waals surface area contributed by atoms with Gasteiger partial charge in [-0.2, -0.15) is 0 Å². The Kier molecular flexibility index (Phi) is 7.54. The molecule has 0 bridgehead atoms. The molecule has 8 aromatic rings. The molecule has 1 heterocycles. The molecule has 4 heteroatoms. The fraction of sp³-hybridized carbons (Fsp3) is 0. The number of rotatable bonds is 6. The molecule has 7 aromatic carbocycles. The zero-order chi connectivity index (χ0) is 32.3. The maximum absolute atomic E-state index is 7.37. The van der Waals surface area contributed by atoms with Gasteiger partial charge in [0.2, 0.25) is 0 Å². The lowest BCUT2D eigenvalue weighted by Crippen LogP contribution is -2.00. The van der Waals surface area contributed by atoms with Crippen molar-refractivity contribution in [1.82, 2.24) is 15.0 Å². The summed E-state index contributed by atoms with van der Waals surface area (Å²) in [7, 11) is 0. The molecule has 0 spiro atoms. The summed E-state index contributed by atoms with van der Waals surface area (Å²) in [4.78, 5) is 18.2. The molecule has 0 unspecified atom stereocenters. The Labute approximate surface area is 279 Å². The summed E-state index contributed by atoms with van der Waals surface area (Å²) in [5.74, 6) is 1.93. The highest BCUT2D eigenvalue weighted by Gasteiger charge is 2.14. The smallest absolute Gasteiger partial charge is 0.187 e. The van der Waals surface area contributed by atoms with Crippen molar-refractivity contribution in [3.8, 4) is 67.5 Å². The van der Waals surface area contributed by atoms with Crippen molar-refractivity contribution < 1.29 is 0 Å². The second kappa shape index (κ2) is 12.6. The van der Waals surface area contributed by atoms with E-state index in [2.05, 4.69) is 89.8 Å². The molecule has 0 saturated heterocycles. The summed E-state index contributed by atoms with van der Waals surface area (Å²) in [6.45, 7) is 7.37. The van der Waals surface area contributed by atoms with Crippen LogP contribution in [-0.2, 0) is 0 Å². The van der Waals surface area contributed by atoms with Crippen molar-refractivity contribution in [1.29, 1.82) is 0 Å². The number of nitrogens with zero attached hydrogens (tertiary/aromatic N) is 4. The first-order chi connectivity index (χ1) is 23.7.